The quantitative estimate of drug-likeness (QED) is 0.657. The molecule has 1 aromatic carbocycles. The normalized spacial score (nSPS) is 10.6. The van der Waals surface area contributed by atoms with E-state index in [2.05, 4.69) is 48.2 Å². The predicted octanol–water partition coefficient (Wildman–Crippen LogP) is 5.14. The molecular weight excluding hydrogens is 364 g/mol. The second kappa shape index (κ2) is 9.76. The lowest BCUT2D eigenvalue weighted by atomic mass is 10.1. The molecule has 0 aliphatic carbocycles. The molecule has 3 rings (SSSR count). The number of nitrogens with zero attached hydrogens (tertiary/aromatic N) is 3. The first-order valence-corrected chi connectivity index (χ1v) is 9.71. The van der Waals surface area contributed by atoms with E-state index in [4.69, 9.17) is 16.6 Å². The van der Waals surface area contributed by atoms with Gasteiger partial charge in [0.1, 0.15) is 10.9 Å². The number of aromatic nitrogens is 3. The van der Waals surface area contributed by atoms with E-state index in [1.807, 2.05) is 30.5 Å². The molecule has 2 aromatic heterocycles. The van der Waals surface area contributed by atoms with Crippen molar-refractivity contribution in [2.75, 3.05) is 7.05 Å². The van der Waals surface area contributed by atoms with E-state index in [-0.39, 0.29) is 0 Å². The van der Waals surface area contributed by atoms with E-state index >= 15 is 0 Å². The summed E-state index contributed by atoms with van der Waals surface area (Å²) in [5, 5.41) is 1.93. The zero-order valence-corrected chi connectivity index (χ0v) is 17.2. The largest absolute Gasteiger partial charge is 0.333 e. The first-order valence-electron chi connectivity index (χ1n) is 8.51. The fourth-order valence-electron chi connectivity index (χ4n) is 2.55. The Balaban J connectivity index is 0.00000117. The SMILES string of the molecule is CN.Cc1nc(C(C)C)c(Sc2cccc(Cl)c2)n1Cc1cccnc1. The Bertz CT molecular complexity index is 831. The van der Waals surface area contributed by atoms with Crippen LogP contribution in [0.1, 0.15) is 36.8 Å². The number of imidazole rings is 1. The van der Waals surface area contributed by atoms with Gasteiger partial charge in [0.15, 0.2) is 0 Å². The summed E-state index contributed by atoms with van der Waals surface area (Å²) >= 11 is 7.86. The van der Waals surface area contributed by atoms with Gasteiger partial charge in [0.2, 0.25) is 0 Å². The molecule has 0 saturated carbocycles. The third-order valence-electron chi connectivity index (χ3n) is 3.76. The molecule has 0 fully saturated rings. The number of hydrogen-bond acceptors (Lipinski definition) is 4. The Morgan fingerprint density at radius 3 is 2.58 bits per heavy atom. The highest BCUT2D eigenvalue weighted by molar-refractivity contribution is 7.99. The Hall–Kier alpha value is -1.82. The van der Waals surface area contributed by atoms with Crippen LogP contribution in [0, 0.1) is 6.92 Å². The molecule has 3 aromatic rings. The van der Waals surface area contributed by atoms with Crippen LogP contribution in [0.25, 0.3) is 0 Å². The summed E-state index contributed by atoms with van der Waals surface area (Å²) in [4.78, 5) is 10.2. The van der Waals surface area contributed by atoms with Crippen LogP contribution in [-0.2, 0) is 6.54 Å². The molecule has 0 aliphatic heterocycles. The maximum atomic E-state index is 6.14. The zero-order chi connectivity index (χ0) is 19.1. The molecule has 0 atom stereocenters. The molecule has 0 saturated heterocycles. The van der Waals surface area contributed by atoms with Gasteiger partial charge in [0.05, 0.1) is 12.2 Å². The summed E-state index contributed by atoms with van der Waals surface area (Å²) in [5.41, 5.74) is 6.79. The van der Waals surface area contributed by atoms with Gasteiger partial charge in [0, 0.05) is 22.3 Å². The Morgan fingerprint density at radius 2 is 1.96 bits per heavy atom. The van der Waals surface area contributed by atoms with Crippen molar-refractivity contribution in [1.82, 2.24) is 14.5 Å². The third-order valence-corrected chi connectivity index (χ3v) is 5.11. The molecule has 2 N–H and O–H groups in total. The van der Waals surface area contributed by atoms with Crippen molar-refractivity contribution >= 4 is 23.4 Å². The van der Waals surface area contributed by atoms with Crippen LogP contribution in [0.5, 0.6) is 0 Å². The van der Waals surface area contributed by atoms with Crippen LogP contribution in [0.3, 0.4) is 0 Å². The van der Waals surface area contributed by atoms with Gasteiger partial charge in [-0.15, -0.1) is 0 Å². The zero-order valence-electron chi connectivity index (χ0n) is 15.6. The molecule has 0 unspecified atom stereocenters. The number of hydrogen-bond donors (Lipinski definition) is 1. The van der Waals surface area contributed by atoms with E-state index < -0.39 is 0 Å². The maximum absolute atomic E-state index is 6.14. The average molecular weight is 389 g/mol. The van der Waals surface area contributed by atoms with Crippen LogP contribution in [0.4, 0.5) is 0 Å². The summed E-state index contributed by atoms with van der Waals surface area (Å²) in [6.07, 6.45) is 3.70. The van der Waals surface area contributed by atoms with E-state index in [9.17, 15) is 0 Å². The lowest BCUT2D eigenvalue weighted by Gasteiger charge is -2.12. The van der Waals surface area contributed by atoms with Crippen molar-refractivity contribution in [3.63, 3.8) is 0 Å². The van der Waals surface area contributed by atoms with Crippen molar-refractivity contribution in [2.24, 2.45) is 5.73 Å². The predicted molar refractivity (Wildman–Crippen MR) is 110 cm³/mol. The van der Waals surface area contributed by atoms with Crippen molar-refractivity contribution < 1.29 is 0 Å². The van der Waals surface area contributed by atoms with Gasteiger partial charge in [0.25, 0.3) is 0 Å². The molecule has 0 radical (unpaired) electrons. The van der Waals surface area contributed by atoms with Crippen LogP contribution >= 0.6 is 23.4 Å². The number of rotatable bonds is 5. The number of aryl methyl sites for hydroxylation is 1. The molecule has 26 heavy (non-hydrogen) atoms. The molecular formula is C20H25ClN4S. The van der Waals surface area contributed by atoms with Gasteiger partial charge in [-0.05, 0) is 49.7 Å². The summed E-state index contributed by atoms with van der Waals surface area (Å²) in [7, 11) is 1.50. The van der Waals surface area contributed by atoms with Crippen LogP contribution in [0.2, 0.25) is 5.02 Å². The maximum Gasteiger partial charge on any atom is 0.107 e. The van der Waals surface area contributed by atoms with Crippen LogP contribution in [-0.4, -0.2) is 21.6 Å². The number of nitrogens with two attached hydrogens (primary N) is 1. The molecule has 4 nitrogen and oxygen atoms in total. The monoisotopic (exact) mass is 388 g/mol. The van der Waals surface area contributed by atoms with Gasteiger partial charge in [-0.2, -0.15) is 0 Å². The summed E-state index contributed by atoms with van der Waals surface area (Å²) in [6.45, 7) is 7.18. The third kappa shape index (κ3) is 5.10. The van der Waals surface area contributed by atoms with Crippen LogP contribution < -0.4 is 5.73 Å². The molecule has 0 bridgehead atoms. The van der Waals surface area contributed by atoms with E-state index in [1.165, 1.54) is 17.6 Å². The second-order valence-corrected chi connectivity index (χ2v) is 7.51. The molecule has 6 heteroatoms. The van der Waals surface area contributed by atoms with Gasteiger partial charge < -0.3 is 10.3 Å². The topological polar surface area (TPSA) is 56.7 Å². The first kappa shape index (κ1) is 20.5. The number of benzene rings is 1. The minimum absolute atomic E-state index is 0.362. The van der Waals surface area contributed by atoms with E-state index in [0.29, 0.717) is 5.92 Å². The molecule has 138 valence electrons. The summed E-state index contributed by atoms with van der Waals surface area (Å²) in [5.74, 6) is 1.38. The fourth-order valence-corrected chi connectivity index (χ4v) is 4.06. The minimum Gasteiger partial charge on any atom is -0.333 e. The van der Waals surface area contributed by atoms with Crippen LogP contribution in [0.15, 0.2) is 58.7 Å². The first-order chi connectivity index (χ1) is 12.5. The molecule has 2 heterocycles. The average Bonchev–Trinajstić information content (AvgIpc) is 2.94. The highest BCUT2D eigenvalue weighted by atomic mass is 35.5. The minimum atomic E-state index is 0.362. The standard InChI is InChI=1S/C19H20ClN3S.CH5N/c1-13(2)18-19(24-17-8-4-7-16(20)10-17)23(14(3)22-18)12-15-6-5-9-21-11-15;1-2/h4-11,13H,12H2,1-3H3;2H2,1H3. The van der Waals surface area contributed by atoms with Crippen molar-refractivity contribution in [3.05, 3.63) is 70.9 Å². The van der Waals surface area contributed by atoms with Gasteiger partial charge in [-0.1, -0.05) is 49.3 Å². The van der Waals surface area contributed by atoms with Gasteiger partial charge >= 0.3 is 0 Å². The Labute approximate surface area is 164 Å². The smallest absolute Gasteiger partial charge is 0.107 e. The second-order valence-electron chi connectivity index (χ2n) is 6.01. The van der Waals surface area contributed by atoms with Crippen molar-refractivity contribution in [1.29, 1.82) is 0 Å². The molecule has 0 spiro atoms. The highest BCUT2D eigenvalue weighted by Gasteiger charge is 2.18. The van der Waals surface area contributed by atoms with Gasteiger partial charge in [-0.3, -0.25) is 4.98 Å². The highest BCUT2D eigenvalue weighted by Crippen LogP contribution is 2.36. The van der Waals surface area contributed by atoms with Crippen molar-refractivity contribution in [3.8, 4) is 0 Å². The number of halogens is 1. The fraction of sp³-hybridized carbons (Fsp3) is 0.300. The Kier molecular flexibility index (Phi) is 7.69. The van der Waals surface area contributed by atoms with E-state index in [0.717, 1.165) is 28.0 Å². The summed E-state index contributed by atoms with van der Waals surface area (Å²) in [6, 6.07) is 12.0. The lowest BCUT2D eigenvalue weighted by Crippen LogP contribution is -2.04. The lowest BCUT2D eigenvalue weighted by molar-refractivity contribution is 0.688. The van der Waals surface area contributed by atoms with E-state index in [1.54, 1.807) is 18.0 Å². The Morgan fingerprint density at radius 1 is 1.19 bits per heavy atom. The molecule has 0 aliphatic rings. The number of pyridine rings is 1. The molecule has 0 amide bonds. The van der Waals surface area contributed by atoms with Crippen molar-refractivity contribution in [2.45, 2.75) is 43.2 Å². The summed E-state index contributed by atoms with van der Waals surface area (Å²) < 4.78 is 2.26. The van der Waals surface area contributed by atoms with Gasteiger partial charge in [-0.25, -0.2) is 4.98 Å².